The van der Waals surface area contributed by atoms with E-state index < -0.39 is 0 Å². The first-order valence-electron chi connectivity index (χ1n) is 7.34. The number of halogens is 1. The summed E-state index contributed by atoms with van der Waals surface area (Å²) in [5.41, 5.74) is 3.43. The van der Waals surface area contributed by atoms with Crippen LogP contribution in [-0.2, 0) is 6.54 Å². The lowest BCUT2D eigenvalue weighted by atomic mass is 10.1. The Morgan fingerprint density at radius 2 is 1.87 bits per heavy atom. The number of aryl methyl sites for hydroxylation is 1. The summed E-state index contributed by atoms with van der Waals surface area (Å²) < 4.78 is 1.04. The number of nitrogens with one attached hydrogen (secondary N) is 2. The molecule has 1 aromatic heterocycles. The molecule has 0 aliphatic rings. The maximum absolute atomic E-state index is 4.48. The van der Waals surface area contributed by atoms with Crippen molar-refractivity contribution < 1.29 is 0 Å². The predicted molar refractivity (Wildman–Crippen MR) is 98.0 cm³/mol. The number of nitrogens with zero attached hydrogens (tertiary/aromatic N) is 2. The maximum Gasteiger partial charge on any atom is 0.229 e. The highest BCUT2D eigenvalue weighted by Gasteiger charge is 2.01. The SMILES string of the molecule is Cc1cccc(CNc2ccnc(Nc3ccc(Br)cc3)n2)c1. The van der Waals surface area contributed by atoms with Gasteiger partial charge >= 0.3 is 0 Å². The molecular formula is C18H17BrN4. The van der Waals surface area contributed by atoms with Crippen molar-refractivity contribution >= 4 is 33.4 Å². The number of rotatable bonds is 5. The van der Waals surface area contributed by atoms with Crippen LogP contribution in [0.3, 0.4) is 0 Å². The van der Waals surface area contributed by atoms with Crippen LogP contribution in [-0.4, -0.2) is 9.97 Å². The monoisotopic (exact) mass is 368 g/mol. The molecule has 0 bridgehead atoms. The Kier molecular flexibility index (Phi) is 4.88. The van der Waals surface area contributed by atoms with Gasteiger partial charge in [0.05, 0.1) is 0 Å². The minimum atomic E-state index is 0.571. The largest absolute Gasteiger partial charge is 0.366 e. The molecule has 0 aliphatic carbocycles. The second kappa shape index (κ2) is 7.24. The van der Waals surface area contributed by atoms with Crippen molar-refractivity contribution in [1.82, 2.24) is 9.97 Å². The molecule has 0 unspecified atom stereocenters. The van der Waals surface area contributed by atoms with E-state index in [1.165, 1.54) is 11.1 Å². The van der Waals surface area contributed by atoms with E-state index in [-0.39, 0.29) is 0 Å². The summed E-state index contributed by atoms with van der Waals surface area (Å²) in [7, 11) is 0. The van der Waals surface area contributed by atoms with E-state index in [0.717, 1.165) is 22.5 Å². The van der Waals surface area contributed by atoms with Gasteiger partial charge in [-0.3, -0.25) is 0 Å². The Balaban J connectivity index is 1.66. The highest BCUT2D eigenvalue weighted by Crippen LogP contribution is 2.18. The lowest BCUT2D eigenvalue weighted by molar-refractivity contribution is 1.08. The predicted octanol–water partition coefficient (Wildman–Crippen LogP) is 4.90. The lowest BCUT2D eigenvalue weighted by Crippen LogP contribution is -2.04. The van der Waals surface area contributed by atoms with Crippen molar-refractivity contribution in [3.8, 4) is 0 Å². The van der Waals surface area contributed by atoms with E-state index >= 15 is 0 Å². The molecular weight excluding hydrogens is 352 g/mol. The second-order valence-electron chi connectivity index (χ2n) is 5.24. The summed E-state index contributed by atoms with van der Waals surface area (Å²) in [5, 5.41) is 6.52. The van der Waals surface area contributed by atoms with Gasteiger partial charge in [-0.05, 0) is 42.8 Å². The molecule has 2 aromatic carbocycles. The maximum atomic E-state index is 4.48. The molecule has 0 saturated heterocycles. The zero-order valence-electron chi connectivity index (χ0n) is 12.8. The third kappa shape index (κ3) is 4.53. The summed E-state index contributed by atoms with van der Waals surface area (Å²) in [6.07, 6.45) is 1.74. The molecule has 3 rings (SSSR count). The average Bonchev–Trinajstić information content (AvgIpc) is 2.56. The number of benzene rings is 2. The average molecular weight is 369 g/mol. The van der Waals surface area contributed by atoms with Crippen LogP contribution < -0.4 is 10.6 Å². The highest BCUT2D eigenvalue weighted by atomic mass is 79.9. The molecule has 4 nitrogen and oxygen atoms in total. The van der Waals surface area contributed by atoms with Crippen molar-refractivity contribution in [2.75, 3.05) is 10.6 Å². The van der Waals surface area contributed by atoms with Crippen molar-refractivity contribution in [3.05, 3.63) is 76.4 Å². The molecule has 0 fully saturated rings. The minimum absolute atomic E-state index is 0.571. The third-order valence-corrected chi connectivity index (χ3v) is 3.84. The van der Waals surface area contributed by atoms with Gasteiger partial charge in [-0.2, -0.15) is 4.98 Å². The first-order valence-corrected chi connectivity index (χ1v) is 8.13. The van der Waals surface area contributed by atoms with Crippen LogP contribution in [0.1, 0.15) is 11.1 Å². The van der Waals surface area contributed by atoms with Crippen LogP contribution in [0.4, 0.5) is 17.5 Å². The Bertz CT molecular complexity index is 787. The Labute approximate surface area is 144 Å². The number of hydrogen-bond acceptors (Lipinski definition) is 4. The fourth-order valence-electron chi connectivity index (χ4n) is 2.19. The summed E-state index contributed by atoms with van der Waals surface area (Å²) >= 11 is 3.42. The molecule has 2 N–H and O–H groups in total. The zero-order valence-corrected chi connectivity index (χ0v) is 14.3. The summed E-state index contributed by atoms with van der Waals surface area (Å²) in [5.74, 6) is 1.36. The van der Waals surface area contributed by atoms with Gasteiger partial charge in [-0.15, -0.1) is 0 Å². The van der Waals surface area contributed by atoms with Crippen molar-refractivity contribution in [2.45, 2.75) is 13.5 Å². The highest BCUT2D eigenvalue weighted by molar-refractivity contribution is 9.10. The molecule has 3 aromatic rings. The van der Waals surface area contributed by atoms with E-state index in [2.05, 4.69) is 67.7 Å². The van der Waals surface area contributed by atoms with E-state index in [1.54, 1.807) is 6.20 Å². The lowest BCUT2D eigenvalue weighted by Gasteiger charge is -2.09. The second-order valence-corrected chi connectivity index (χ2v) is 6.16. The molecule has 23 heavy (non-hydrogen) atoms. The summed E-state index contributed by atoms with van der Waals surface area (Å²) in [4.78, 5) is 8.74. The summed E-state index contributed by atoms with van der Waals surface area (Å²) in [6.45, 7) is 2.82. The number of aromatic nitrogens is 2. The van der Waals surface area contributed by atoms with Crippen LogP contribution in [0.2, 0.25) is 0 Å². The van der Waals surface area contributed by atoms with Crippen molar-refractivity contribution in [3.63, 3.8) is 0 Å². The number of hydrogen-bond donors (Lipinski definition) is 2. The quantitative estimate of drug-likeness (QED) is 0.672. The van der Waals surface area contributed by atoms with Gasteiger partial charge in [-0.1, -0.05) is 45.8 Å². The number of anilines is 3. The topological polar surface area (TPSA) is 49.8 Å². The van der Waals surface area contributed by atoms with E-state index in [9.17, 15) is 0 Å². The molecule has 0 aliphatic heterocycles. The Morgan fingerprint density at radius 1 is 1.04 bits per heavy atom. The van der Waals surface area contributed by atoms with Crippen LogP contribution in [0, 0.1) is 6.92 Å². The van der Waals surface area contributed by atoms with E-state index in [4.69, 9.17) is 0 Å². The molecule has 0 atom stereocenters. The van der Waals surface area contributed by atoms with Crippen molar-refractivity contribution in [1.29, 1.82) is 0 Å². The molecule has 5 heteroatoms. The molecule has 0 saturated carbocycles. The van der Waals surface area contributed by atoms with Gasteiger partial charge in [0.2, 0.25) is 5.95 Å². The van der Waals surface area contributed by atoms with Crippen LogP contribution in [0.5, 0.6) is 0 Å². The Morgan fingerprint density at radius 3 is 2.65 bits per heavy atom. The van der Waals surface area contributed by atoms with Crippen LogP contribution in [0.25, 0.3) is 0 Å². The normalized spacial score (nSPS) is 10.3. The zero-order chi connectivity index (χ0) is 16.1. The fourth-order valence-corrected chi connectivity index (χ4v) is 2.46. The first-order chi connectivity index (χ1) is 11.2. The third-order valence-electron chi connectivity index (χ3n) is 3.31. The van der Waals surface area contributed by atoms with E-state index in [1.807, 2.05) is 30.3 Å². The van der Waals surface area contributed by atoms with Gasteiger partial charge in [0.25, 0.3) is 0 Å². The van der Waals surface area contributed by atoms with E-state index in [0.29, 0.717) is 5.95 Å². The molecule has 116 valence electrons. The molecule has 0 amide bonds. The molecule has 1 heterocycles. The smallest absolute Gasteiger partial charge is 0.229 e. The standard InChI is InChI=1S/C18H17BrN4/c1-13-3-2-4-14(11-13)12-21-17-9-10-20-18(23-17)22-16-7-5-15(19)6-8-16/h2-11H,12H2,1H3,(H2,20,21,22,23). The van der Waals surface area contributed by atoms with Gasteiger partial charge in [0.1, 0.15) is 5.82 Å². The minimum Gasteiger partial charge on any atom is -0.366 e. The van der Waals surface area contributed by atoms with Gasteiger partial charge < -0.3 is 10.6 Å². The van der Waals surface area contributed by atoms with Crippen molar-refractivity contribution in [2.24, 2.45) is 0 Å². The van der Waals surface area contributed by atoms with Gasteiger partial charge in [-0.25, -0.2) is 4.98 Å². The van der Waals surface area contributed by atoms with Gasteiger partial charge in [0.15, 0.2) is 0 Å². The Hall–Kier alpha value is -2.40. The molecule has 0 spiro atoms. The summed E-state index contributed by atoms with van der Waals surface area (Å²) in [6, 6.07) is 18.2. The van der Waals surface area contributed by atoms with Crippen LogP contribution >= 0.6 is 15.9 Å². The fraction of sp³-hybridized carbons (Fsp3) is 0.111. The van der Waals surface area contributed by atoms with Crippen LogP contribution in [0.15, 0.2) is 65.3 Å². The van der Waals surface area contributed by atoms with Gasteiger partial charge in [0, 0.05) is 22.9 Å². The first kappa shape index (κ1) is 15.5. The molecule has 0 radical (unpaired) electrons.